The summed E-state index contributed by atoms with van der Waals surface area (Å²) in [6, 6.07) is 2.93. The smallest absolute Gasteiger partial charge is 0.407 e. The first-order valence-corrected chi connectivity index (χ1v) is 8.63. The number of nitrogens with one attached hydrogen (secondary N) is 2. The third kappa shape index (κ3) is 5.75. The Hall–Kier alpha value is -2.58. The van der Waals surface area contributed by atoms with Crippen LogP contribution in [-0.4, -0.2) is 40.8 Å². The summed E-state index contributed by atoms with van der Waals surface area (Å²) in [5, 5.41) is 17.2. The average Bonchev–Trinajstić information content (AvgIpc) is 2.54. The second-order valence-electron chi connectivity index (χ2n) is 7.32. The zero-order valence-corrected chi connectivity index (χ0v) is 15.6. The normalized spacial score (nSPS) is 20.2. The molecule has 9 nitrogen and oxygen atoms in total. The number of carbonyl (C=O) groups is 1. The summed E-state index contributed by atoms with van der Waals surface area (Å²) in [5.41, 5.74) is -0.611. The molecule has 1 amide bonds. The van der Waals surface area contributed by atoms with E-state index in [0.717, 1.165) is 25.7 Å². The van der Waals surface area contributed by atoms with Gasteiger partial charge < -0.3 is 20.1 Å². The number of alkyl carbamates (subject to hydrolysis) is 1. The number of hydrogen-bond acceptors (Lipinski definition) is 7. The fourth-order valence-corrected chi connectivity index (χ4v) is 2.85. The molecule has 0 aliphatic heterocycles. The summed E-state index contributed by atoms with van der Waals surface area (Å²) in [6.07, 6.45) is 2.62. The Bertz CT molecular complexity index is 651. The van der Waals surface area contributed by atoms with Gasteiger partial charge in [0.05, 0.1) is 12.0 Å². The Labute approximate surface area is 152 Å². The molecular weight excluding hydrogens is 340 g/mol. The van der Waals surface area contributed by atoms with Crippen LogP contribution in [0, 0.1) is 10.1 Å². The highest BCUT2D eigenvalue weighted by atomic mass is 16.6. The van der Waals surface area contributed by atoms with Crippen molar-refractivity contribution in [3.8, 4) is 5.88 Å². The van der Waals surface area contributed by atoms with Gasteiger partial charge in [0.15, 0.2) is 0 Å². The van der Waals surface area contributed by atoms with E-state index in [2.05, 4.69) is 15.6 Å². The minimum absolute atomic E-state index is 0.0381. The van der Waals surface area contributed by atoms with Crippen molar-refractivity contribution in [3.05, 3.63) is 22.2 Å². The van der Waals surface area contributed by atoms with Crippen LogP contribution in [-0.2, 0) is 4.74 Å². The minimum atomic E-state index is -0.528. The SMILES string of the molecule is COc1ccc([N+](=O)[O-])c(NC2CCC(NC(=O)OC(C)(C)C)CC2)n1. The van der Waals surface area contributed by atoms with E-state index in [1.807, 2.05) is 20.8 Å². The maximum Gasteiger partial charge on any atom is 0.407 e. The molecule has 2 rings (SSSR count). The van der Waals surface area contributed by atoms with Crippen LogP contribution in [0.15, 0.2) is 12.1 Å². The summed E-state index contributed by atoms with van der Waals surface area (Å²) in [6.45, 7) is 5.46. The van der Waals surface area contributed by atoms with Crippen molar-refractivity contribution in [2.24, 2.45) is 0 Å². The zero-order valence-electron chi connectivity index (χ0n) is 15.6. The lowest BCUT2D eigenvalue weighted by atomic mass is 9.91. The molecule has 2 N–H and O–H groups in total. The van der Waals surface area contributed by atoms with Crippen LogP contribution in [0.3, 0.4) is 0 Å². The quantitative estimate of drug-likeness (QED) is 0.607. The maximum absolute atomic E-state index is 11.8. The van der Waals surface area contributed by atoms with Crippen molar-refractivity contribution < 1.29 is 19.2 Å². The molecule has 0 atom stereocenters. The predicted molar refractivity (Wildman–Crippen MR) is 96.5 cm³/mol. The van der Waals surface area contributed by atoms with Gasteiger partial charge in [-0.2, -0.15) is 4.98 Å². The van der Waals surface area contributed by atoms with Crippen molar-refractivity contribution in [3.63, 3.8) is 0 Å². The van der Waals surface area contributed by atoms with Gasteiger partial charge >= 0.3 is 11.8 Å². The summed E-state index contributed by atoms with van der Waals surface area (Å²) < 4.78 is 10.3. The molecule has 1 aromatic rings. The van der Waals surface area contributed by atoms with Crippen molar-refractivity contribution in [1.82, 2.24) is 10.3 Å². The Morgan fingerprint density at radius 2 is 1.85 bits per heavy atom. The summed E-state index contributed by atoms with van der Waals surface area (Å²) in [4.78, 5) is 26.7. The molecule has 0 aromatic carbocycles. The van der Waals surface area contributed by atoms with Crippen molar-refractivity contribution in [2.75, 3.05) is 12.4 Å². The van der Waals surface area contributed by atoms with E-state index in [9.17, 15) is 14.9 Å². The first-order valence-electron chi connectivity index (χ1n) is 8.63. The molecule has 0 unspecified atom stereocenters. The average molecular weight is 366 g/mol. The van der Waals surface area contributed by atoms with Crippen molar-refractivity contribution in [2.45, 2.75) is 64.1 Å². The lowest BCUT2D eigenvalue weighted by Crippen LogP contribution is -2.42. The van der Waals surface area contributed by atoms with E-state index < -0.39 is 16.6 Å². The molecular formula is C17H26N4O5. The Morgan fingerprint density at radius 3 is 2.38 bits per heavy atom. The summed E-state index contributed by atoms with van der Waals surface area (Å²) >= 11 is 0. The van der Waals surface area contributed by atoms with Crippen LogP contribution in [0.5, 0.6) is 5.88 Å². The summed E-state index contributed by atoms with van der Waals surface area (Å²) in [5.74, 6) is 0.524. The molecule has 0 saturated heterocycles. The van der Waals surface area contributed by atoms with Crippen molar-refractivity contribution >= 4 is 17.6 Å². The molecule has 0 spiro atoms. The number of methoxy groups -OCH3 is 1. The van der Waals surface area contributed by atoms with Gasteiger partial charge in [-0.15, -0.1) is 0 Å². The second-order valence-corrected chi connectivity index (χ2v) is 7.32. The fraction of sp³-hybridized carbons (Fsp3) is 0.647. The number of pyridine rings is 1. The third-order valence-corrected chi connectivity index (χ3v) is 4.04. The van der Waals surface area contributed by atoms with Crippen LogP contribution < -0.4 is 15.4 Å². The fourth-order valence-electron chi connectivity index (χ4n) is 2.85. The maximum atomic E-state index is 11.8. The van der Waals surface area contributed by atoms with E-state index in [4.69, 9.17) is 9.47 Å². The first-order chi connectivity index (χ1) is 12.2. The number of ether oxygens (including phenoxy) is 2. The molecule has 1 aliphatic rings. The van der Waals surface area contributed by atoms with Crippen LogP contribution in [0.25, 0.3) is 0 Å². The zero-order chi connectivity index (χ0) is 19.3. The van der Waals surface area contributed by atoms with Gasteiger partial charge in [-0.25, -0.2) is 4.79 Å². The molecule has 1 aromatic heterocycles. The predicted octanol–water partition coefficient (Wildman–Crippen LogP) is 3.25. The van der Waals surface area contributed by atoms with Gasteiger partial charge in [-0.3, -0.25) is 10.1 Å². The molecule has 0 bridgehead atoms. The second kappa shape index (κ2) is 8.20. The number of aromatic nitrogens is 1. The van der Waals surface area contributed by atoms with E-state index in [1.54, 1.807) is 0 Å². The number of nitro groups is 1. The Balaban J connectivity index is 1.91. The van der Waals surface area contributed by atoms with Gasteiger partial charge in [0.2, 0.25) is 11.7 Å². The van der Waals surface area contributed by atoms with Crippen LogP contribution in [0.2, 0.25) is 0 Å². The lowest BCUT2D eigenvalue weighted by Gasteiger charge is -2.30. The van der Waals surface area contributed by atoms with Crippen LogP contribution in [0.4, 0.5) is 16.3 Å². The van der Waals surface area contributed by atoms with E-state index in [-0.39, 0.29) is 23.6 Å². The van der Waals surface area contributed by atoms with E-state index in [1.165, 1.54) is 19.2 Å². The molecule has 144 valence electrons. The number of amides is 1. The molecule has 0 radical (unpaired) electrons. The Morgan fingerprint density at radius 1 is 1.23 bits per heavy atom. The standard InChI is InChI=1S/C17H26N4O5/c1-17(2,3)26-16(22)19-12-7-5-11(6-8-12)18-15-13(21(23)24)9-10-14(20-15)25-4/h9-12H,5-8H2,1-4H3,(H,18,20)(H,19,22). The van der Waals surface area contributed by atoms with Crippen LogP contribution >= 0.6 is 0 Å². The number of hydrogen-bond donors (Lipinski definition) is 2. The number of anilines is 1. The number of carbonyl (C=O) groups excluding carboxylic acids is 1. The molecule has 1 heterocycles. The largest absolute Gasteiger partial charge is 0.481 e. The molecule has 1 fully saturated rings. The third-order valence-electron chi connectivity index (χ3n) is 4.04. The highest BCUT2D eigenvalue weighted by molar-refractivity contribution is 5.68. The monoisotopic (exact) mass is 366 g/mol. The molecule has 26 heavy (non-hydrogen) atoms. The highest BCUT2D eigenvalue weighted by Gasteiger charge is 2.26. The number of rotatable bonds is 5. The van der Waals surface area contributed by atoms with Gasteiger partial charge in [0.1, 0.15) is 5.60 Å². The van der Waals surface area contributed by atoms with Crippen LogP contribution in [0.1, 0.15) is 46.5 Å². The highest BCUT2D eigenvalue weighted by Crippen LogP contribution is 2.29. The van der Waals surface area contributed by atoms with Gasteiger partial charge in [-0.1, -0.05) is 0 Å². The lowest BCUT2D eigenvalue weighted by molar-refractivity contribution is -0.384. The van der Waals surface area contributed by atoms with E-state index >= 15 is 0 Å². The van der Waals surface area contributed by atoms with E-state index in [0.29, 0.717) is 5.88 Å². The Kier molecular flexibility index (Phi) is 6.23. The van der Waals surface area contributed by atoms with Gasteiger partial charge in [0, 0.05) is 24.2 Å². The summed E-state index contributed by atoms with van der Waals surface area (Å²) in [7, 11) is 1.46. The topological polar surface area (TPSA) is 116 Å². The molecule has 9 heteroatoms. The number of nitrogens with zero attached hydrogens (tertiary/aromatic N) is 2. The van der Waals surface area contributed by atoms with Crippen molar-refractivity contribution in [1.29, 1.82) is 0 Å². The van der Waals surface area contributed by atoms with Gasteiger partial charge in [-0.05, 0) is 46.5 Å². The first kappa shape index (κ1) is 19.7. The molecule has 1 saturated carbocycles. The minimum Gasteiger partial charge on any atom is -0.481 e. The molecule has 1 aliphatic carbocycles. The van der Waals surface area contributed by atoms with Gasteiger partial charge in [0.25, 0.3) is 0 Å².